The maximum absolute atomic E-state index is 12.4. The van der Waals surface area contributed by atoms with Crippen LogP contribution >= 0.6 is 23.4 Å². The lowest BCUT2D eigenvalue weighted by Crippen LogP contribution is -2.20. The minimum absolute atomic E-state index is 0.140. The van der Waals surface area contributed by atoms with Gasteiger partial charge < -0.3 is 4.90 Å². The molecule has 1 heterocycles. The predicted molar refractivity (Wildman–Crippen MR) is 144 cm³/mol. The van der Waals surface area contributed by atoms with Crippen LogP contribution < -0.4 is 10.3 Å². The number of nitrogens with zero attached hydrogens (tertiary/aromatic N) is 5. The van der Waals surface area contributed by atoms with Gasteiger partial charge in [-0.2, -0.15) is 5.10 Å². The third kappa shape index (κ3) is 6.29. The zero-order valence-electron chi connectivity index (χ0n) is 19.6. The molecule has 0 saturated heterocycles. The van der Waals surface area contributed by atoms with E-state index >= 15 is 0 Å². The van der Waals surface area contributed by atoms with Crippen LogP contribution in [0.5, 0.6) is 0 Å². The lowest BCUT2D eigenvalue weighted by atomic mass is 10.2. The molecule has 178 valence electrons. The summed E-state index contributed by atoms with van der Waals surface area (Å²) in [5.74, 6) is 0.580. The van der Waals surface area contributed by atoms with Crippen molar-refractivity contribution >= 4 is 41.2 Å². The lowest BCUT2D eigenvalue weighted by Gasteiger charge is -2.11. The van der Waals surface area contributed by atoms with Crippen molar-refractivity contribution in [2.75, 3.05) is 24.7 Å². The molecule has 0 fully saturated rings. The molecule has 0 radical (unpaired) electrons. The average molecular weight is 505 g/mol. The van der Waals surface area contributed by atoms with Gasteiger partial charge in [-0.05, 0) is 61.0 Å². The Labute approximate surface area is 213 Å². The molecule has 1 amide bonds. The van der Waals surface area contributed by atoms with Crippen LogP contribution in [0.3, 0.4) is 0 Å². The molecule has 0 bridgehead atoms. The number of aryl methyl sites for hydroxylation is 1. The van der Waals surface area contributed by atoms with Crippen LogP contribution in [0.1, 0.15) is 11.1 Å². The predicted octanol–water partition coefficient (Wildman–Crippen LogP) is 5.20. The number of anilines is 1. The van der Waals surface area contributed by atoms with Gasteiger partial charge in [0, 0.05) is 36.1 Å². The summed E-state index contributed by atoms with van der Waals surface area (Å²) >= 11 is 7.35. The van der Waals surface area contributed by atoms with Crippen molar-refractivity contribution in [3.63, 3.8) is 0 Å². The van der Waals surface area contributed by atoms with Gasteiger partial charge in [0.05, 0.1) is 12.0 Å². The minimum atomic E-state index is -0.234. The summed E-state index contributed by atoms with van der Waals surface area (Å²) in [6, 6.07) is 23.4. The van der Waals surface area contributed by atoms with Gasteiger partial charge in [-0.25, -0.2) is 5.43 Å². The molecule has 0 spiro atoms. The lowest BCUT2D eigenvalue weighted by molar-refractivity contribution is -0.118. The first-order valence-corrected chi connectivity index (χ1v) is 12.3. The first kappa shape index (κ1) is 24.5. The van der Waals surface area contributed by atoms with Crippen LogP contribution in [0, 0.1) is 6.92 Å². The van der Waals surface area contributed by atoms with Gasteiger partial charge in [0.1, 0.15) is 0 Å². The highest BCUT2D eigenvalue weighted by Gasteiger charge is 2.17. The first-order valence-electron chi connectivity index (χ1n) is 10.9. The Bertz CT molecular complexity index is 1320. The molecule has 3 aromatic carbocycles. The monoisotopic (exact) mass is 504 g/mol. The molecule has 0 saturated carbocycles. The second kappa shape index (κ2) is 11.2. The quantitative estimate of drug-likeness (QED) is 0.203. The molecule has 0 aliphatic rings. The molecule has 4 aromatic rings. The number of halogens is 1. The van der Waals surface area contributed by atoms with Crippen molar-refractivity contribution in [1.29, 1.82) is 0 Å². The number of aromatic nitrogens is 3. The number of rotatable bonds is 8. The number of benzene rings is 3. The highest BCUT2D eigenvalue weighted by atomic mass is 35.5. The number of amides is 1. The van der Waals surface area contributed by atoms with E-state index in [9.17, 15) is 4.79 Å². The van der Waals surface area contributed by atoms with E-state index in [-0.39, 0.29) is 11.7 Å². The summed E-state index contributed by atoms with van der Waals surface area (Å²) in [7, 11) is 3.97. The minimum Gasteiger partial charge on any atom is -0.378 e. The molecular weight excluding hydrogens is 480 g/mol. The molecule has 35 heavy (non-hydrogen) atoms. The Morgan fingerprint density at radius 3 is 2.37 bits per heavy atom. The Balaban J connectivity index is 1.47. The summed E-state index contributed by atoms with van der Waals surface area (Å²) in [5.41, 5.74) is 7.51. The molecule has 1 N–H and O–H groups in total. The summed E-state index contributed by atoms with van der Waals surface area (Å²) < 4.78 is 1.94. The van der Waals surface area contributed by atoms with Crippen molar-refractivity contribution in [1.82, 2.24) is 20.2 Å². The fourth-order valence-electron chi connectivity index (χ4n) is 3.28. The van der Waals surface area contributed by atoms with Crippen LogP contribution in [-0.4, -0.2) is 46.7 Å². The second-order valence-electron chi connectivity index (χ2n) is 8.05. The number of carbonyl (C=O) groups is 1. The molecule has 1 aromatic heterocycles. The second-order valence-corrected chi connectivity index (χ2v) is 9.43. The normalized spacial score (nSPS) is 11.1. The van der Waals surface area contributed by atoms with Crippen LogP contribution in [0.2, 0.25) is 5.02 Å². The molecule has 0 aliphatic carbocycles. The first-order chi connectivity index (χ1) is 16.9. The summed E-state index contributed by atoms with van der Waals surface area (Å²) in [5, 5.41) is 14.1. The summed E-state index contributed by atoms with van der Waals surface area (Å²) in [4.78, 5) is 14.5. The highest BCUT2D eigenvalue weighted by Crippen LogP contribution is 2.28. The van der Waals surface area contributed by atoms with Crippen molar-refractivity contribution in [3.8, 4) is 17.1 Å². The molecule has 0 unspecified atom stereocenters. The van der Waals surface area contributed by atoms with E-state index in [2.05, 4.69) is 20.7 Å². The smallest absolute Gasteiger partial charge is 0.250 e. The molecule has 0 atom stereocenters. The Morgan fingerprint density at radius 2 is 1.71 bits per heavy atom. The Kier molecular flexibility index (Phi) is 7.84. The van der Waals surface area contributed by atoms with E-state index in [0.29, 0.717) is 16.0 Å². The fourth-order valence-corrected chi connectivity index (χ4v) is 4.15. The van der Waals surface area contributed by atoms with E-state index in [1.165, 1.54) is 11.8 Å². The van der Waals surface area contributed by atoms with Gasteiger partial charge in [-0.3, -0.25) is 9.36 Å². The van der Waals surface area contributed by atoms with Gasteiger partial charge in [-0.15, -0.1) is 10.2 Å². The number of hydrogen-bond donors (Lipinski definition) is 1. The topological polar surface area (TPSA) is 75.4 Å². The molecular formula is C26H25ClN6OS. The van der Waals surface area contributed by atoms with Crippen molar-refractivity contribution < 1.29 is 4.79 Å². The third-order valence-corrected chi connectivity index (χ3v) is 6.35. The molecule has 9 heteroatoms. The summed E-state index contributed by atoms with van der Waals surface area (Å²) in [6.45, 7) is 2.03. The van der Waals surface area contributed by atoms with Gasteiger partial charge in [0.2, 0.25) is 0 Å². The fraction of sp³-hybridized carbons (Fsp3) is 0.154. The SMILES string of the molecule is Cc1ccc(-n2c(SCC(=O)N/N=C\c3ccc(N(C)C)cc3)nnc2-c2ccc(Cl)cc2)cc1. The number of hydrogen-bond acceptors (Lipinski definition) is 6. The van der Waals surface area contributed by atoms with E-state index in [4.69, 9.17) is 11.6 Å². The zero-order chi connectivity index (χ0) is 24.8. The number of carbonyl (C=O) groups excluding carboxylic acids is 1. The number of hydrazone groups is 1. The maximum Gasteiger partial charge on any atom is 0.250 e. The van der Waals surface area contributed by atoms with E-state index < -0.39 is 0 Å². The van der Waals surface area contributed by atoms with E-state index in [0.717, 1.165) is 28.1 Å². The van der Waals surface area contributed by atoms with Gasteiger partial charge in [0.25, 0.3) is 5.91 Å². The third-order valence-electron chi connectivity index (χ3n) is 5.17. The van der Waals surface area contributed by atoms with Crippen molar-refractivity contribution in [2.45, 2.75) is 12.1 Å². The Morgan fingerprint density at radius 1 is 1.03 bits per heavy atom. The van der Waals surface area contributed by atoms with E-state index in [1.54, 1.807) is 6.21 Å². The standard InChI is InChI=1S/C26H25ClN6OS/c1-18-4-12-23(13-5-18)33-25(20-8-10-21(27)11-9-20)30-31-26(33)35-17-24(34)29-28-16-19-6-14-22(15-7-19)32(2)3/h4-16H,17H2,1-3H3,(H,29,34)/b28-16-. The number of thioether (sulfide) groups is 1. The Hall–Kier alpha value is -3.62. The van der Waals surface area contributed by atoms with Crippen LogP contribution in [0.15, 0.2) is 83.1 Å². The van der Waals surface area contributed by atoms with Gasteiger partial charge in [0.15, 0.2) is 11.0 Å². The van der Waals surface area contributed by atoms with Crippen LogP contribution in [0.4, 0.5) is 5.69 Å². The molecule has 7 nitrogen and oxygen atoms in total. The molecule has 0 aliphatic heterocycles. The van der Waals surface area contributed by atoms with Crippen LogP contribution in [-0.2, 0) is 4.79 Å². The summed E-state index contributed by atoms with van der Waals surface area (Å²) in [6.07, 6.45) is 1.62. The average Bonchev–Trinajstić information content (AvgIpc) is 3.28. The van der Waals surface area contributed by atoms with E-state index in [1.807, 2.05) is 103 Å². The highest BCUT2D eigenvalue weighted by molar-refractivity contribution is 7.99. The largest absolute Gasteiger partial charge is 0.378 e. The van der Waals surface area contributed by atoms with Crippen molar-refractivity contribution in [2.24, 2.45) is 5.10 Å². The molecule has 4 rings (SSSR count). The van der Waals surface area contributed by atoms with Gasteiger partial charge in [-0.1, -0.05) is 53.2 Å². The zero-order valence-corrected chi connectivity index (χ0v) is 21.2. The number of nitrogens with one attached hydrogen (secondary N) is 1. The van der Waals surface area contributed by atoms with Gasteiger partial charge >= 0.3 is 0 Å². The van der Waals surface area contributed by atoms with Crippen molar-refractivity contribution in [3.05, 3.63) is 88.9 Å². The van der Waals surface area contributed by atoms with Crippen LogP contribution in [0.25, 0.3) is 17.1 Å². The maximum atomic E-state index is 12.4.